The van der Waals surface area contributed by atoms with Crippen molar-refractivity contribution in [2.75, 3.05) is 25.2 Å². The van der Waals surface area contributed by atoms with Gasteiger partial charge in [-0.3, -0.25) is 9.59 Å². The van der Waals surface area contributed by atoms with Gasteiger partial charge in [-0.2, -0.15) is 11.8 Å². The van der Waals surface area contributed by atoms with Gasteiger partial charge in [0, 0.05) is 41.5 Å². The molecule has 3 N–H and O–H groups in total. The van der Waals surface area contributed by atoms with E-state index in [1.54, 1.807) is 25.8 Å². The van der Waals surface area contributed by atoms with Crippen LogP contribution in [0.1, 0.15) is 36.3 Å². The number of hydrogen-bond donors (Lipinski definition) is 3. The standard InChI is InChI=1S/C24H28N2O5S/c1-15-11-20(27)22(29)23(31-15)24(6-9-32-10-7-24)13-21(28)25-8-5-16-14-26-19-4-3-17(30-2)12-18(16)19/h3-4,11-12,14,26,29H,5-10,13H2,1-2H3,(H,25,28). The number of rotatable bonds is 7. The van der Waals surface area contributed by atoms with Crippen LogP contribution in [0.25, 0.3) is 10.9 Å². The van der Waals surface area contributed by atoms with Crippen LogP contribution in [0, 0.1) is 6.92 Å². The number of H-pyrrole nitrogens is 1. The topological polar surface area (TPSA) is 105 Å². The molecule has 4 rings (SSSR count). The second-order valence-electron chi connectivity index (χ2n) is 8.29. The molecule has 1 amide bonds. The maximum absolute atomic E-state index is 12.9. The highest BCUT2D eigenvalue weighted by molar-refractivity contribution is 7.99. The van der Waals surface area contributed by atoms with E-state index >= 15 is 0 Å². The molecule has 0 radical (unpaired) electrons. The number of nitrogens with one attached hydrogen (secondary N) is 2. The summed E-state index contributed by atoms with van der Waals surface area (Å²) in [5, 5.41) is 14.5. The largest absolute Gasteiger partial charge is 0.502 e. The van der Waals surface area contributed by atoms with Gasteiger partial charge in [-0.15, -0.1) is 0 Å². The van der Waals surface area contributed by atoms with Gasteiger partial charge in [0.2, 0.25) is 17.1 Å². The van der Waals surface area contributed by atoms with Crippen LogP contribution in [0.5, 0.6) is 11.5 Å². The molecule has 0 saturated carbocycles. The van der Waals surface area contributed by atoms with E-state index in [-0.39, 0.29) is 23.8 Å². The van der Waals surface area contributed by atoms with Gasteiger partial charge in [-0.1, -0.05) is 0 Å². The van der Waals surface area contributed by atoms with Crippen LogP contribution in [0.15, 0.2) is 39.7 Å². The number of carbonyl (C=O) groups excluding carboxylic acids is 1. The number of aromatic amines is 1. The summed E-state index contributed by atoms with van der Waals surface area (Å²) >= 11 is 1.81. The van der Waals surface area contributed by atoms with Crippen LogP contribution in [0.2, 0.25) is 0 Å². The Morgan fingerprint density at radius 3 is 2.84 bits per heavy atom. The van der Waals surface area contributed by atoms with Gasteiger partial charge in [0.25, 0.3) is 0 Å². The third kappa shape index (κ3) is 4.50. The average Bonchev–Trinajstić information content (AvgIpc) is 3.19. The zero-order valence-corrected chi connectivity index (χ0v) is 19.1. The monoisotopic (exact) mass is 456 g/mol. The molecule has 1 fully saturated rings. The Kier molecular flexibility index (Phi) is 6.50. The fourth-order valence-electron chi connectivity index (χ4n) is 4.41. The number of thioether (sulfide) groups is 1. The Morgan fingerprint density at radius 2 is 2.09 bits per heavy atom. The number of carbonyl (C=O) groups is 1. The number of fused-ring (bicyclic) bond motifs is 1. The minimum absolute atomic E-state index is 0.113. The first-order chi connectivity index (χ1) is 15.4. The molecule has 0 atom stereocenters. The van der Waals surface area contributed by atoms with Crippen molar-refractivity contribution in [2.24, 2.45) is 0 Å². The third-order valence-corrected chi connectivity index (χ3v) is 7.15. The highest BCUT2D eigenvalue weighted by Crippen LogP contribution is 2.44. The van der Waals surface area contributed by atoms with Crippen LogP contribution in [0.3, 0.4) is 0 Å². The number of aromatic nitrogens is 1. The van der Waals surface area contributed by atoms with Crippen molar-refractivity contribution in [3.63, 3.8) is 0 Å². The Hall–Kier alpha value is -2.87. The van der Waals surface area contributed by atoms with Crippen molar-refractivity contribution >= 4 is 28.6 Å². The van der Waals surface area contributed by atoms with Crippen molar-refractivity contribution < 1.29 is 19.1 Å². The summed E-state index contributed by atoms with van der Waals surface area (Å²) in [6.45, 7) is 2.17. The van der Waals surface area contributed by atoms with E-state index in [2.05, 4.69) is 10.3 Å². The van der Waals surface area contributed by atoms with Gasteiger partial charge in [-0.05, 0) is 61.5 Å². The number of methoxy groups -OCH3 is 1. The first kappa shape index (κ1) is 22.3. The van der Waals surface area contributed by atoms with E-state index < -0.39 is 10.8 Å². The molecule has 2 aromatic heterocycles. The van der Waals surface area contributed by atoms with Crippen LogP contribution in [0.4, 0.5) is 0 Å². The van der Waals surface area contributed by atoms with Crippen molar-refractivity contribution in [2.45, 2.75) is 38.0 Å². The van der Waals surface area contributed by atoms with Crippen molar-refractivity contribution in [1.82, 2.24) is 10.3 Å². The maximum atomic E-state index is 12.9. The van der Waals surface area contributed by atoms with Crippen molar-refractivity contribution in [3.8, 4) is 11.5 Å². The second-order valence-corrected chi connectivity index (χ2v) is 9.52. The maximum Gasteiger partial charge on any atom is 0.227 e. The zero-order valence-electron chi connectivity index (χ0n) is 18.3. The molecule has 1 aromatic carbocycles. The predicted octanol–water partition coefficient (Wildman–Crippen LogP) is 3.66. The predicted molar refractivity (Wildman–Crippen MR) is 126 cm³/mol. The van der Waals surface area contributed by atoms with E-state index in [4.69, 9.17) is 9.15 Å². The SMILES string of the molecule is COc1ccc2[nH]cc(CCNC(=O)CC3(c4oc(C)cc(=O)c4O)CCSCC3)c2c1. The molecule has 3 aromatic rings. The zero-order chi connectivity index (χ0) is 22.7. The number of aromatic hydroxyl groups is 1. The smallest absolute Gasteiger partial charge is 0.227 e. The summed E-state index contributed by atoms with van der Waals surface area (Å²) < 4.78 is 11.1. The highest BCUT2D eigenvalue weighted by Gasteiger charge is 2.41. The molecule has 3 heterocycles. The normalized spacial score (nSPS) is 15.6. The molecule has 1 saturated heterocycles. The van der Waals surface area contributed by atoms with E-state index in [0.717, 1.165) is 33.7 Å². The van der Waals surface area contributed by atoms with E-state index in [0.29, 0.717) is 31.6 Å². The lowest BCUT2D eigenvalue weighted by atomic mass is 9.75. The lowest BCUT2D eigenvalue weighted by molar-refractivity contribution is -0.122. The average molecular weight is 457 g/mol. The summed E-state index contributed by atoms with van der Waals surface area (Å²) in [5.41, 5.74) is 0.996. The van der Waals surface area contributed by atoms with Crippen LogP contribution in [-0.4, -0.2) is 41.2 Å². The van der Waals surface area contributed by atoms with E-state index in [9.17, 15) is 14.7 Å². The first-order valence-electron chi connectivity index (χ1n) is 10.7. The Labute approximate surface area is 190 Å². The number of hydrogen-bond acceptors (Lipinski definition) is 6. The molecule has 0 aliphatic carbocycles. The van der Waals surface area contributed by atoms with Crippen LogP contribution >= 0.6 is 11.8 Å². The minimum atomic E-state index is -0.668. The second kappa shape index (κ2) is 9.32. The number of benzene rings is 1. The molecular formula is C24H28N2O5S. The van der Waals surface area contributed by atoms with Gasteiger partial charge in [-0.25, -0.2) is 0 Å². The first-order valence-corrected chi connectivity index (χ1v) is 11.9. The van der Waals surface area contributed by atoms with Gasteiger partial charge < -0.3 is 24.6 Å². The molecule has 1 aliphatic heterocycles. The van der Waals surface area contributed by atoms with Gasteiger partial charge in [0.15, 0.2) is 5.76 Å². The molecule has 170 valence electrons. The molecular weight excluding hydrogens is 428 g/mol. The number of ether oxygens (including phenoxy) is 1. The van der Waals surface area contributed by atoms with Gasteiger partial charge in [0.1, 0.15) is 11.5 Å². The Morgan fingerprint density at radius 1 is 1.31 bits per heavy atom. The molecule has 7 nitrogen and oxygen atoms in total. The minimum Gasteiger partial charge on any atom is -0.502 e. The molecule has 0 spiro atoms. The van der Waals surface area contributed by atoms with E-state index in [1.165, 1.54) is 6.07 Å². The summed E-state index contributed by atoms with van der Waals surface area (Å²) in [7, 11) is 1.64. The van der Waals surface area contributed by atoms with Crippen molar-refractivity contribution in [3.05, 3.63) is 57.8 Å². The van der Waals surface area contributed by atoms with Gasteiger partial charge in [0.05, 0.1) is 7.11 Å². The van der Waals surface area contributed by atoms with E-state index in [1.807, 2.05) is 24.4 Å². The summed E-state index contributed by atoms with van der Waals surface area (Å²) in [6, 6.07) is 7.15. The van der Waals surface area contributed by atoms with Crippen LogP contribution < -0.4 is 15.5 Å². The van der Waals surface area contributed by atoms with Crippen molar-refractivity contribution in [1.29, 1.82) is 0 Å². The fourth-order valence-corrected chi connectivity index (χ4v) is 5.68. The number of amides is 1. The fraction of sp³-hybridized carbons (Fsp3) is 0.417. The Bertz CT molecular complexity index is 1180. The summed E-state index contributed by atoms with van der Waals surface area (Å²) in [5.74, 6) is 2.69. The van der Waals surface area contributed by atoms with Crippen LogP contribution in [-0.2, 0) is 16.6 Å². The summed E-state index contributed by atoms with van der Waals surface area (Å²) in [4.78, 5) is 28.3. The molecule has 1 aliphatic rings. The highest BCUT2D eigenvalue weighted by atomic mass is 32.2. The lowest BCUT2D eigenvalue weighted by Crippen LogP contribution is -2.39. The molecule has 0 bridgehead atoms. The molecule has 32 heavy (non-hydrogen) atoms. The quantitative estimate of drug-likeness (QED) is 0.501. The molecule has 0 unspecified atom stereocenters. The lowest BCUT2D eigenvalue weighted by Gasteiger charge is -2.35. The Balaban J connectivity index is 1.47. The summed E-state index contributed by atoms with van der Waals surface area (Å²) in [6.07, 6.45) is 4.15. The molecule has 8 heteroatoms. The van der Waals surface area contributed by atoms with Gasteiger partial charge >= 0.3 is 0 Å². The number of aryl methyl sites for hydroxylation is 1. The third-order valence-electron chi connectivity index (χ3n) is 6.17.